The van der Waals surface area contributed by atoms with Gasteiger partial charge >= 0.3 is 0 Å². The first-order chi connectivity index (χ1) is 26.8. The van der Waals surface area contributed by atoms with Gasteiger partial charge in [-0.2, -0.15) is 0 Å². The van der Waals surface area contributed by atoms with E-state index in [0.717, 1.165) is 77.2 Å². The van der Waals surface area contributed by atoms with E-state index in [2.05, 4.69) is 91.0 Å². The molecule has 1 aromatic heterocycles. The van der Waals surface area contributed by atoms with Gasteiger partial charge in [0.05, 0.1) is 19.0 Å². The number of aromatic nitrogens is 1. The molecular formula is C44H50N6O5. The molecule has 4 aliphatic rings. The molecule has 8 rings (SSSR count). The summed E-state index contributed by atoms with van der Waals surface area (Å²) in [7, 11) is 1.59. The van der Waals surface area contributed by atoms with Crippen LogP contribution in [0.5, 0.6) is 11.5 Å². The second-order valence-electron chi connectivity index (χ2n) is 15.4. The van der Waals surface area contributed by atoms with Crippen molar-refractivity contribution < 1.29 is 24.2 Å². The molecule has 0 saturated carbocycles. The zero-order valence-corrected chi connectivity index (χ0v) is 31.5. The number of carbonyl (C=O) groups is 3. The van der Waals surface area contributed by atoms with Crippen LogP contribution in [0.2, 0.25) is 0 Å². The van der Waals surface area contributed by atoms with Crippen LogP contribution in [0, 0.1) is 5.92 Å². The Bertz CT molecular complexity index is 2010. The average molecular weight is 743 g/mol. The quantitative estimate of drug-likeness (QED) is 0.198. The number of hydrogen-bond donors (Lipinski definition) is 3. The zero-order valence-electron chi connectivity index (χ0n) is 31.5. The van der Waals surface area contributed by atoms with E-state index < -0.39 is 17.9 Å². The lowest BCUT2D eigenvalue weighted by molar-refractivity contribution is -0.134. The molecule has 3 atom stereocenters. The first-order valence-electron chi connectivity index (χ1n) is 19.7. The molecule has 0 radical (unpaired) electrons. The molecule has 4 heterocycles. The molecular weight excluding hydrogens is 693 g/mol. The van der Waals surface area contributed by atoms with Gasteiger partial charge in [-0.3, -0.25) is 24.6 Å². The summed E-state index contributed by atoms with van der Waals surface area (Å²) in [5.41, 5.74) is 7.59. The van der Waals surface area contributed by atoms with Crippen LogP contribution in [-0.4, -0.2) is 91.7 Å². The minimum atomic E-state index is -0.762. The topological polar surface area (TPSA) is 127 Å². The van der Waals surface area contributed by atoms with Crippen LogP contribution >= 0.6 is 0 Å². The van der Waals surface area contributed by atoms with Gasteiger partial charge in [0.25, 0.3) is 5.91 Å². The highest BCUT2D eigenvalue weighted by Gasteiger charge is 2.33. The lowest BCUT2D eigenvalue weighted by atomic mass is 9.69. The molecule has 11 heteroatoms. The molecule has 3 aromatic carbocycles. The number of phenolic OH excluding ortho intramolecular Hbond substituents is 1. The molecule has 3 fully saturated rings. The molecule has 0 spiro atoms. The number of hydrogen-bond acceptors (Lipinski definition) is 9. The third kappa shape index (κ3) is 8.03. The van der Waals surface area contributed by atoms with E-state index in [4.69, 9.17) is 4.74 Å². The number of rotatable bonds is 9. The summed E-state index contributed by atoms with van der Waals surface area (Å²) in [5, 5.41) is 15.2. The number of piperazine rings is 1. The van der Waals surface area contributed by atoms with Crippen LogP contribution in [0.3, 0.4) is 0 Å². The number of nitrogens with zero attached hydrogens (tertiary/aromatic N) is 4. The van der Waals surface area contributed by atoms with Crippen molar-refractivity contribution in [3.8, 4) is 11.5 Å². The molecule has 3 N–H and O–H groups in total. The normalized spacial score (nSPS) is 22.2. The van der Waals surface area contributed by atoms with Crippen LogP contribution in [0.4, 0.5) is 11.4 Å². The van der Waals surface area contributed by atoms with Crippen molar-refractivity contribution in [2.24, 2.45) is 5.92 Å². The summed E-state index contributed by atoms with van der Waals surface area (Å²) in [5.74, 6) is 0.916. The summed E-state index contributed by atoms with van der Waals surface area (Å²) in [6.07, 6.45) is 6.50. The van der Waals surface area contributed by atoms with Gasteiger partial charge in [-0.1, -0.05) is 48.5 Å². The van der Waals surface area contributed by atoms with E-state index >= 15 is 0 Å². The number of nitrogens with one attached hydrogen (secondary N) is 2. The second-order valence-corrected chi connectivity index (χ2v) is 15.4. The van der Waals surface area contributed by atoms with Crippen molar-refractivity contribution in [3.05, 3.63) is 113 Å². The highest BCUT2D eigenvalue weighted by Crippen LogP contribution is 2.47. The fraction of sp³-hybridized carbons (Fsp3) is 0.409. The van der Waals surface area contributed by atoms with E-state index in [1.807, 2.05) is 12.1 Å². The summed E-state index contributed by atoms with van der Waals surface area (Å²) >= 11 is 0. The monoisotopic (exact) mass is 742 g/mol. The molecule has 3 saturated heterocycles. The van der Waals surface area contributed by atoms with Crippen molar-refractivity contribution in [2.45, 2.75) is 56.4 Å². The van der Waals surface area contributed by atoms with Gasteiger partial charge in [0, 0.05) is 69.9 Å². The van der Waals surface area contributed by atoms with E-state index in [-0.39, 0.29) is 30.4 Å². The highest BCUT2D eigenvalue weighted by molar-refractivity contribution is 6.03. The van der Waals surface area contributed by atoms with E-state index in [0.29, 0.717) is 23.3 Å². The van der Waals surface area contributed by atoms with Gasteiger partial charge in [0.15, 0.2) is 0 Å². The molecule has 1 aliphatic carbocycles. The fourth-order valence-corrected chi connectivity index (χ4v) is 9.10. The van der Waals surface area contributed by atoms with Gasteiger partial charge in [-0.05, 0) is 90.5 Å². The van der Waals surface area contributed by atoms with Crippen LogP contribution in [0.1, 0.15) is 76.7 Å². The van der Waals surface area contributed by atoms with E-state index in [1.54, 1.807) is 19.4 Å². The number of phenols is 1. The third-order valence-electron chi connectivity index (χ3n) is 12.1. The Morgan fingerprint density at radius 3 is 2.35 bits per heavy atom. The van der Waals surface area contributed by atoms with Crippen LogP contribution < -0.4 is 25.2 Å². The number of methoxy groups -OCH3 is 1. The number of aryl methyl sites for hydroxylation is 1. The first kappa shape index (κ1) is 36.6. The van der Waals surface area contributed by atoms with Crippen molar-refractivity contribution in [1.29, 1.82) is 0 Å². The number of piperidine rings is 2. The Morgan fingerprint density at radius 2 is 1.62 bits per heavy atom. The lowest BCUT2D eigenvalue weighted by Gasteiger charge is -2.40. The number of imide groups is 1. The molecule has 1 unspecified atom stereocenters. The van der Waals surface area contributed by atoms with E-state index in [9.17, 15) is 19.5 Å². The molecule has 3 amide bonds. The van der Waals surface area contributed by atoms with Crippen molar-refractivity contribution >= 4 is 29.1 Å². The number of fused-ring (bicyclic) bond motifs is 1. The van der Waals surface area contributed by atoms with Gasteiger partial charge in [0.2, 0.25) is 11.8 Å². The maximum absolute atomic E-state index is 12.9. The number of benzene rings is 3. The van der Waals surface area contributed by atoms with Crippen molar-refractivity contribution in [1.82, 2.24) is 20.5 Å². The number of carbonyl (C=O) groups excluding carboxylic acids is 3. The summed E-state index contributed by atoms with van der Waals surface area (Å²) in [4.78, 5) is 48.2. The predicted molar refractivity (Wildman–Crippen MR) is 212 cm³/mol. The number of anilines is 2. The molecule has 0 bridgehead atoms. The maximum Gasteiger partial charge on any atom is 0.270 e. The number of ether oxygens (including phenoxy) is 1. The Hall–Kier alpha value is -5.42. The predicted octanol–water partition coefficient (Wildman–Crippen LogP) is 5.23. The van der Waals surface area contributed by atoms with Gasteiger partial charge < -0.3 is 25.0 Å². The molecule has 4 aromatic rings. The smallest absolute Gasteiger partial charge is 0.270 e. The Balaban J connectivity index is 0.836. The second kappa shape index (κ2) is 16.1. The molecule has 3 aliphatic heterocycles. The third-order valence-corrected chi connectivity index (χ3v) is 12.1. The standard InChI is InChI=1S/C44H50N6O5/c1-55-40-26-38(44(54)46-37-15-16-41(52)47-43(37)53)45-27-39(40)50-23-21-48(22-24-50)28-29-17-19-49(20-18-29)33-10-7-31(8-11-33)42-35(30-5-3-2-4-6-30)13-9-32-25-34(51)12-14-36(32)42/h2-8,10-12,14,25-27,29,35,37,42,51H,9,13,15-24,28H2,1H3,(H,46,54)(H,47,52,53)/t35-,37?,42+/m1/s1. The van der Waals surface area contributed by atoms with Gasteiger partial charge in [-0.15, -0.1) is 0 Å². The van der Waals surface area contributed by atoms with Crippen LogP contribution in [0.15, 0.2) is 85.1 Å². The summed E-state index contributed by atoms with van der Waals surface area (Å²) in [6.45, 7) is 6.74. The van der Waals surface area contributed by atoms with Crippen molar-refractivity contribution in [2.75, 3.05) is 62.7 Å². The molecule has 55 heavy (non-hydrogen) atoms. The van der Waals surface area contributed by atoms with Crippen LogP contribution in [0.25, 0.3) is 0 Å². The van der Waals surface area contributed by atoms with Crippen LogP contribution in [-0.2, 0) is 16.0 Å². The summed E-state index contributed by atoms with van der Waals surface area (Å²) in [6, 6.07) is 26.9. The minimum absolute atomic E-state index is 0.166. The highest BCUT2D eigenvalue weighted by atomic mass is 16.5. The first-order valence-corrected chi connectivity index (χ1v) is 19.7. The number of aromatic hydroxyl groups is 1. The molecule has 11 nitrogen and oxygen atoms in total. The fourth-order valence-electron chi connectivity index (χ4n) is 9.10. The number of pyridine rings is 1. The Labute approximate surface area is 322 Å². The Morgan fingerprint density at radius 1 is 0.855 bits per heavy atom. The van der Waals surface area contributed by atoms with Gasteiger partial charge in [0.1, 0.15) is 23.2 Å². The van der Waals surface area contributed by atoms with Gasteiger partial charge in [-0.25, -0.2) is 4.98 Å². The average Bonchev–Trinajstić information content (AvgIpc) is 3.22. The largest absolute Gasteiger partial charge is 0.508 e. The van der Waals surface area contributed by atoms with Crippen molar-refractivity contribution in [3.63, 3.8) is 0 Å². The number of amides is 3. The van der Waals surface area contributed by atoms with E-state index in [1.165, 1.54) is 27.9 Å². The molecule has 286 valence electrons. The summed E-state index contributed by atoms with van der Waals surface area (Å²) < 4.78 is 5.68. The lowest BCUT2D eigenvalue weighted by Crippen LogP contribution is -2.52. The maximum atomic E-state index is 12.9. The minimum Gasteiger partial charge on any atom is -0.508 e. The zero-order chi connectivity index (χ0) is 37.9. The Kier molecular flexibility index (Phi) is 10.7. The SMILES string of the molecule is COc1cc(C(=O)NC2CCC(=O)NC2=O)ncc1N1CCN(CC2CCN(c3ccc([C@@H]4c5ccc(O)cc5CC[C@@H]4c4ccccc4)cc3)CC2)CC1.